The summed E-state index contributed by atoms with van der Waals surface area (Å²) < 4.78 is 5.01. The van der Waals surface area contributed by atoms with Gasteiger partial charge in [0.25, 0.3) is 0 Å². The van der Waals surface area contributed by atoms with Gasteiger partial charge in [-0.2, -0.15) is 0 Å². The average molecular weight is 327 g/mol. The Labute approximate surface area is 138 Å². The maximum Gasteiger partial charge on any atom is 0.408 e. The normalized spacial score (nSPS) is 11.4. The smallest absolute Gasteiger partial charge is 0.408 e. The fourth-order valence-electron chi connectivity index (χ4n) is 1.40. The zero-order valence-corrected chi connectivity index (χ0v) is 14.7. The van der Waals surface area contributed by atoms with Crippen LogP contribution in [0.3, 0.4) is 0 Å². The molecule has 0 aromatic rings. The Balaban J connectivity index is 3.68. The van der Waals surface area contributed by atoms with E-state index >= 15 is 0 Å². The molecule has 0 aliphatic carbocycles. The van der Waals surface area contributed by atoms with Crippen LogP contribution in [0.2, 0.25) is 0 Å². The first-order valence-electron chi connectivity index (χ1n) is 7.79. The second-order valence-corrected chi connectivity index (χ2v) is 6.45. The Bertz CT molecular complexity index is 426. The molecule has 0 aliphatic rings. The lowest BCUT2D eigenvalue weighted by atomic mass is 10.2. The molecule has 0 rings (SSSR count). The summed E-state index contributed by atoms with van der Waals surface area (Å²) in [6.07, 6.45) is 3.31. The second-order valence-electron chi connectivity index (χ2n) is 6.45. The number of ether oxygens (including phenoxy) is 1. The van der Waals surface area contributed by atoms with Gasteiger partial charge < -0.3 is 20.7 Å². The van der Waals surface area contributed by atoms with E-state index in [1.54, 1.807) is 20.8 Å². The van der Waals surface area contributed by atoms with Crippen molar-refractivity contribution in [1.82, 2.24) is 16.0 Å². The number of hydrogen-bond donors (Lipinski definition) is 3. The van der Waals surface area contributed by atoms with E-state index < -0.39 is 11.7 Å². The summed E-state index contributed by atoms with van der Waals surface area (Å²) in [5.41, 5.74) is -0.594. The van der Waals surface area contributed by atoms with Crippen molar-refractivity contribution in [3.05, 3.63) is 12.2 Å². The van der Waals surface area contributed by atoms with E-state index in [-0.39, 0.29) is 18.4 Å². The van der Waals surface area contributed by atoms with Crippen molar-refractivity contribution in [1.29, 1.82) is 0 Å². The van der Waals surface area contributed by atoms with Crippen molar-refractivity contribution in [2.75, 3.05) is 19.6 Å². The van der Waals surface area contributed by atoms with E-state index in [0.717, 1.165) is 0 Å². The molecule has 0 aromatic heterocycles. The Morgan fingerprint density at radius 1 is 1.04 bits per heavy atom. The topological polar surface area (TPSA) is 96.5 Å². The maximum absolute atomic E-state index is 11.5. The van der Waals surface area contributed by atoms with E-state index in [2.05, 4.69) is 16.0 Å². The summed E-state index contributed by atoms with van der Waals surface area (Å²) in [6, 6.07) is 0. The molecular formula is C16H29N3O4. The van der Waals surface area contributed by atoms with Crippen LogP contribution in [0.5, 0.6) is 0 Å². The molecule has 132 valence electrons. The van der Waals surface area contributed by atoms with Crippen LogP contribution in [-0.4, -0.2) is 43.1 Å². The fourth-order valence-corrected chi connectivity index (χ4v) is 1.40. The first-order valence-corrected chi connectivity index (χ1v) is 7.79. The minimum Gasteiger partial charge on any atom is -0.444 e. The fraction of sp³-hybridized carbons (Fsp3) is 0.688. The van der Waals surface area contributed by atoms with Gasteiger partial charge in [-0.15, -0.1) is 0 Å². The largest absolute Gasteiger partial charge is 0.444 e. The molecule has 0 atom stereocenters. The molecule has 0 heterocycles. The molecule has 3 amide bonds. The number of rotatable bonds is 8. The van der Waals surface area contributed by atoms with Crippen molar-refractivity contribution in [3.8, 4) is 0 Å². The monoisotopic (exact) mass is 327 g/mol. The number of alkyl carbamates (subject to hydrolysis) is 1. The van der Waals surface area contributed by atoms with Crippen molar-refractivity contribution in [2.24, 2.45) is 5.92 Å². The molecule has 7 nitrogen and oxygen atoms in total. The lowest BCUT2D eigenvalue weighted by molar-refractivity contribution is -0.120. The van der Waals surface area contributed by atoms with E-state index in [9.17, 15) is 14.4 Å². The maximum atomic E-state index is 11.5. The predicted octanol–water partition coefficient (Wildman–Crippen LogP) is 1.35. The standard InChI is InChI=1S/C16H29N3O4/c1-12(2)7-8-13(20)17-9-6-10-18-14(21)11-19-15(22)23-16(3,4)5/h7-8,12H,6,9-11H2,1-5H3,(H,17,20)(H,18,21)(H,19,22)/b8-7+. The Morgan fingerprint density at radius 3 is 2.22 bits per heavy atom. The zero-order chi connectivity index (χ0) is 17.9. The second kappa shape index (κ2) is 10.6. The van der Waals surface area contributed by atoms with Gasteiger partial charge in [0.05, 0.1) is 6.54 Å². The van der Waals surface area contributed by atoms with E-state index in [1.807, 2.05) is 19.9 Å². The minimum absolute atomic E-state index is 0.140. The number of carbonyl (C=O) groups is 3. The van der Waals surface area contributed by atoms with Gasteiger partial charge in [0.1, 0.15) is 5.60 Å². The van der Waals surface area contributed by atoms with Crippen LogP contribution in [0.1, 0.15) is 41.0 Å². The van der Waals surface area contributed by atoms with Gasteiger partial charge in [-0.05, 0) is 39.2 Å². The van der Waals surface area contributed by atoms with Gasteiger partial charge in [-0.25, -0.2) is 4.79 Å². The van der Waals surface area contributed by atoms with Crippen molar-refractivity contribution in [2.45, 2.75) is 46.6 Å². The SMILES string of the molecule is CC(C)/C=C/C(=O)NCCCNC(=O)CNC(=O)OC(C)(C)C. The van der Waals surface area contributed by atoms with E-state index in [0.29, 0.717) is 25.4 Å². The molecule has 0 bridgehead atoms. The number of hydrogen-bond acceptors (Lipinski definition) is 4. The number of nitrogens with one attached hydrogen (secondary N) is 3. The highest BCUT2D eigenvalue weighted by molar-refractivity contribution is 5.87. The van der Waals surface area contributed by atoms with Gasteiger partial charge in [0.15, 0.2) is 0 Å². The summed E-state index contributed by atoms with van der Waals surface area (Å²) in [7, 11) is 0. The zero-order valence-electron chi connectivity index (χ0n) is 14.7. The Morgan fingerprint density at radius 2 is 1.65 bits per heavy atom. The molecular weight excluding hydrogens is 298 g/mol. The third-order valence-electron chi connectivity index (χ3n) is 2.40. The number of carbonyl (C=O) groups excluding carboxylic acids is 3. The summed E-state index contributed by atoms with van der Waals surface area (Å²) in [5.74, 6) is -0.115. The first kappa shape index (κ1) is 20.9. The predicted molar refractivity (Wildman–Crippen MR) is 88.9 cm³/mol. The minimum atomic E-state index is -0.628. The highest BCUT2D eigenvalue weighted by atomic mass is 16.6. The molecule has 0 spiro atoms. The number of allylic oxidation sites excluding steroid dienone is 1. The highest BCUT2D eigenvalue weighted by Crippen LogP contribution is 2.05. The lowest BCUT2D eigenvalue weighted by Crippen LogP contribution is -2.40. The first-order chi connectivity index (χ1) is 10.6. The molecule has 23 heavy (non-hydrogen) atoms. The van der Waals surface area contributed by atoms with Crippen molar-refractivity contribution < 1.29 is 19.1 Å². The molecule has 0 saturated carbocycles. The third kappa shape index (κ3) is 14.6. The van der Waals surface area contributed by atoms with Gasteiger partial charge in [-0.1, -0.05) is 19.9 Å². The highest BCUT2D eigenvalue weighted by Gasteiger charge is 2.16. The lowest BCUT2D eigenvalue weighted by Gasteiger charge is -2.19. The summed E-state index contributed by atoms with van der Waals surface area (Å²) >= 11 is 0. The summed E-state index contributed by atoms with van der Waals surface area (Å²) in [6.45, 7) is 9.98. The van der Waals surface area contributed by atoms with Crippen LogP contribution in [0.4, 0.5) is 4.79 Å². The van der Waals surface area contributed by atoms with Gasteiger partial charge in [0.2, 0.25) is 11.8 Å². The van der Waals surface area contributed by atoms with Crippen molar-refractivity contribution in [3.63, 3.8) is 0 Å². The van der Waals surface area contributed by atoms with Gasteiger partial charge >= 0.3 is 6.09 Å². The third-order valence-corrected chi connectivity index (χ3v) is 2.40. The molecule has 7 heteroatoms. The van der Waals surface area contributed by atoms with Crippen LogP contribution < -0.4 is 16.0 Å². The van der Waals surface area contributed by atoms with E-state index in [4.69, 9.17) is 4.74 Å². The molecule has 0 aromatic carbocycles. The van der Waals surface area contributed by atoms with Crippen molar-refractivity contribution >= 4 is 17.9 Å². The van der Waals surface area contributed by atoms with Crippen LogP contribution in [0.25, 0.3) is 0 Å². The summed E-state index contributed by atoms with van der Waals surface area (Å²) in [5, 5.41) is 7.74. The summed E-state index contributed by atoms with van der Waals surface area (Å²) in [4.78, 5) is 34.3. The Hall–Kier alpha value is -2.05. The molecule has 0 aliphatic heterocycles. The molecule has 0 unspecified atom stereocenters. The van der Waals surface area contributed by atoms with Crippen LogP contribution >= 0.6 is 0 Å². The molecule has 0 fully saturated rings. The number of amides is 3. The Kier molecular flexibility index (Phi) is 9.69. The average Bonchev–Trinajstić information content (AvgIpc) is 2.40. The molecule has 0 radical (unpaired) electrons. The van der Waals surface area contributed by atoms with Crippen LogP contribution in [0, 0.1) is 5.92 Å². The molecule has 3 N–H and O–H groups in total. The van der Waals surface area contributed by atoms with Crippen LogP contribution in [0.15, 0.2) is 12.2 Å². The molecule has 0 saturated heterocycles. The van der Waals surface area contributed by atoms with E-state index in [1.165, 1.54) is 6.08 Å². The van der Waals surface area contributed by atoms with Gasteiger partial charge in [0, 0.05) is 13.1 Å². The van der Waals surface area contributed by atoms with Crippen LogP contribution in [-0.2, 0) is 14.3 Å². The quantitative estimate of drug-likeness (QED) is 0.463. The van der Waals surface area contributed by atoms with Gasteiger partial charge in [-0.3, -0.25) is 9.59 Å².